The Morgan fingerprint density at radius 1 is 1.07 bits per heavy atom. The number of aliphatic hydroxyl groups excluding tert-OH is 1. The van der Waals surface area contributed by atoms with Gasteiger partial charge in [-0.2, -0.15) is 0 Å². The Hall–Kier alpha value is -3.19. The van der Waals surface area contributed by atoms with E-state index in [0.717, 1.165) is 4.90 Å². The van der Waals surface area contributed by atoms with Gasteiger partial charge in [-0.05, 0) is 30.3 Å². The highest BCUT2D eigenvalue weighted by atomic mass is 19.1. The number of nitrogens with zero attached hydrogens (tertiary/aromatic N) is 2. The highest BCUT2D eigenvalue weighted by Crippen LogP contribution is 2.37. The van der Waals surface area contributed by atoms with Crippen molar-refractivity contribution >= 4 is 23.1 Å². The van der Waals surface area contributed by atoms with Crippen molar-refractivity contribution in [2.24, 2.45) is 0 Å². The average molecular weight is 370 g/mol. The first-order valence-electron chi connectivity index (χ1n) is 8.33. The van der Waals surface area contributed by atoms with Gasteiger partial charge in [0.15, 0.2) is 0 Å². The number of hydrogen-bond donors (Lipinski definition) is 1. The summed E-state index contributed by atoms with van der Waals surface area (Å²) in [5, 5.41) is 9.28. The molecule has 1 N–H and O–H groups in total. The molecule has 6 nitrogen and oxygen atoms in total. The van der Waals surface area contributed by atoms with Crippen molar-refractivity contribution < 1.29 is 23.8 Å². The van der Waals surface area contributed by atoms with E-state index in [9.17, 15) is 19.1 Å². The summed E-state index contributed by atoms with van der Waals surface area (Å²) in [5.74, 6) is -1.09. The zero-order valence-corrected chi connectivity index (χ0v) is 15.0. The van der Waals surface area contributed by atoms with Crippen LogP contribution in [0.2, 0.25) is 0 Å². The van der Waals surface area contributed by atoms with Crippen LogP contribution in [0.1, 0.15) is 5.56 Å². The van der Waals surface area contributed by atoms with Crippen LogP contribution in [0.4, 0.5) is 10.1 Å². The lowest BCUT2D eigenvalue weighted by atomic mass is 10.0. The van der Waals surface area contributed by atoms with Crippen molar-refractivity contribution in [3.8, 4) is 5.75 Å². The predicted octanol–water partition coefficient (Wildman–Crippen LogP) is 2.04. The summed E-state index contributed by atoms with van der Waals surface area (Å²) in [5.41, 5.74) is 1.08. The van der Waals surface area contributed by atoms with Crippen LogP contribution < -0.4 is 9.64 Å². The number of ether oxygens (including phenoxy) is 1. The van der Waals surface area contributed by atoms with Gasteiger partial charge in [-0.25, -0.2) is 9.29 Å². The molecule has 0 spiro atoms. The SMILES string of the molecule is COc1ccccc1C1=C(N(C)CCO)C(=O)N(c2ccc(F)cc2)C1=O. The minimum Gasteiger partial charge on any atom is -0.496 e. The molecule has 2 amide bonds. The van der Waals surface area contributed by atoms with Crippen LogP contribution in [0.25, 0.3) is 5.57 Å². The van der Waals surface area contributed by atoms with Crippen LogP contribution in [-0.2, 0) is 9.59 Å². The van der Waals surface area contributed by atoms with Crippen LogP contribution in [-0.4, -0.2) is 49.1 Å². The van der Waals surface area contributed by atoms with Gasteiger partial charge in [0.05, 0.1) is 25.0 Å². The number of anilines is 1. The van der Waals surface area contributed by atoms with Crippen molar-refractivity contribution in [2.45, 2.75) is 0 Å². The molecule has 0 aliphatic carbocycles. The minimum atomic E-state index is -0.538. The minimum absolute atomic E-state index is 0.155. The summed E-state index contributed by atoms with van der Waals surface area (Å²) in [6.45, 7) is -0.0124. The Morgan fingerprint density at radius 2 is 1.74 bits per heavy atom. The maximum Gasteiger partial charge on any atom is 0.282 e. The molecular weight excluding hydrogens is 351 g/mol. The Balaban J connectivity index is 2.16. The Labute approximate surface area is 156 Å². The second-order valence-electron chi connectivity index (χ2n) is 5.99. The molecule has 2 aromatic rings. The van der Waals surface area contributed by atoms with E-state index in [2.05, 4.69) is 0 Å². The molecular formula is C20H19FN2O4. The van der Waals surface area contributed by atoms with Gasteiger partial charge in [0, 0.05) is 19.2 Å². The van der Waals surface area contributed by atoms with Crippen molar-refractivity contribution in [2.75, 3.05) is 32.2 Å². The van der Waals surface area contributed by atoms with E-state index in [0.29, 0.717) is 11.3 Å². The second kappa shape index (κ2) is 7.59. The molecule has 2 aromatic carbocycles. The molecule has 27 heavy (non-hydrogen) atoms. The first-order chi connectivity index (χ1) is 13.0. The van der Waals surface area contributed by atoms with Crippen LogP contribution in [0.3, 0.4) is 0 Å². The Bertz CT molecular complexity index is 908. The highest BCUT2D eigenvalue weighted by molar-refractivity contribution is 6.45. The molecule has 1 aliphatic heterocycles. The molecule has 1 aliphatic rings. The van der Waals surface area contributed by atoms with E-state index in [1.54, 1.807) is 31.3 Å². The first kappa shape index (κ1) is 18.6. The summed E-state index contributed by atoms with van der Waals surface area (Å²) in [6, 6.07) is 12.0. The molecule has 0 fully saturated rings. The number of methoxy groups -OCH3 is 1. The van der Waals surface area contributed by atoms with E-state index in [1.807, 2.05) is 0 Å². The van der Waals surface area contributed by atoms with E-state index in [4.69, 9.17) is 4.74 Å². The lowest BCUT2D eigenvalue weighted by molar-refractivity contribution is -0.120. The van der Waals surface area contributed by atoms with Crippen LogP contribution in [0, 0.1) is 5.82 Å². The van der Waals surface area contributed by atoms with Crippen molar-refractivity contribution in [1.29, 1.82) is 0 Å². The number of hydrogen-bond acceptors (Lipinski definition) is 5. The summed E-state index contributed by atoms with van der Waals surface area (Å²) in [6.07, 6.45) is 0. The highest BCUT2D eigenvalue weighted by Gasteiger charge is 2.42. The molecule has 140 valence electrons. The van der Waals surface area contributed by atoms with Gasteiger partial charge in [0.2, 0.25) is 0 Å². The van der Waals surface area contributed by atoms with Crippen molar-refractivity contribution in [3.05, 3.63) is 65.6 Å². The lowest BCUT2D eigenvalue weighted by Gasteiger charge is -2.20. The van der Waals surface area contributed by atoms with E-state index in [-0.39, 0.29) is 30.1 Å². The molecule has 3 rings (SSSR count). The van der Waals surface area contributed by atoms with Gasteiger partial charge in [-0.15, -0.1) is 0 Å². The fourth-order valence-electron chi connectivity index (χ4n) is 3.05. The topological polar surface area (TPSA) is 70.1 Å². The average Bonchev–Trinajstić information content (AvgIpc) is 2.93. The molecule has 0 radical (unpaired) electrons. The fraction of sp³-hybridized carbons (Fsp3) is 0.200. The molecule has 0 saturated heterocycles. The third kappa shape index (κ3) is 3.29. The Morgan fingerprint density at radius 3 is 2.37 bits per heavy atom. The van der Waals surface area contributed by atoms with Crippen LogP contribution in [0.15, 0.2) is 54.2 Å². The maximum absolute atomic E-state index is 13.3. The smallest absolute Gasteiger partial charge is 0.282 e. The number of aliphatic hydroxyl groups is 1. The quantitative estimate of drug-likeness (QED) is 0.788. The number of benzene rings is 2. The van der Waals surface area contributed by atoms with Crippen molar-refractivity contribution in [1.82, 2.24) is 4.90 Å². The number of likely N-dealkylation sites (N-methyl/N-ethyl adjacent to an activating group) is 1. The monoisotopic (exact) mass is 370 g/mol. The third-order valence-corrected chi connectivity index (χ3v) is 4.34. The van der Waals surface area contributed by atoms with Gasteiger partial charge in [0.1, 0.15) is 17.3 Å². The van der Waals surface area contributed by atoms with Crippen molar-refractivity contribution in [3.63, 3.8) is 0 Å². The van der Waals surface area contributed by atoms with E-state index in [1.165, 1.54) is 36.3 Å². The summed E-state index contributed by atoms with van der Waals surface area (Å²) < 4.78 is 18.6. The number of carbonyl (C=O) groups is 2. The fourth-order valence-corrected chi connectivity index (χ4v) is 3.05. The molecule has 1 heterocycles. The molecule has 0 saturated carbocycles. The molecule has 0 unspecified atom stereocenters. The lowest BCUT2D eigenvalue weighted by Crippen LogP contribution is -2.34. The zero-order valence-electron chi connectivity index (χ0n) is 15.0. The standard InChI is InChI=1S/C20H19FN2O4/c1-22(11-12-24)18-17(15-5-3-4-6-16(15)27-2)19(25)23(20(18)26)14-9-7-13(21)8-10-14/h3-10,24H,11-12H2,1-2H3. The number of para-hydroxylation sites is 1. The summed E-state index contributed by atoms with van der Waals surface area (Å²) in [7, 11) is 3.11. The number of halogens is 1. The van der Waals surface area contributed by atoms with Gasteiger partial charge in [0.25, 0.3) is 11.8 Å². The van der Waals surface area contributed by atoms with Gasteiger partial charge < -0.3 is 14.7 Å². The maximum atomic E-state index is 13.3. The number of amides is 2. The van der Waals surface area contributed by atoms with E-state index < -0.39 is 17.6 Å². The largest absolute Gasteiger partial charge is 0.496 e. The number of imide groups is 1. The van der Waals surface area contributed by atoms with Crippen LogP contribution >= 0.6 is 0 Å². The molecule has 0 aromatic heterocycles. The molecule has 0 bridgehead atoms. The van der Waals surface area contributed by atoms with Gasteiger partial charge >= 0.3 is 0 Å². The summed E-state index contributed by atoms with van der Waals surface area (Å²) in [4.78, 5) is 28.8. The predicted molar refractivity (Wildman–Crippen MR) is 98.5 cm³/mol. The first-order valence-corrected chi connectivity index (χ1v) is 8.33. The normalized spacial score (nSPS) is 14.1. The zero-order chi connectivity index (χ0) is 19.6. The molecule has 0 atom stereocenters. The van der Waals surface area contributed by atoms with E-state index >= 15 is 0 Å². The third-order valence-electron chi connectivity index (χ3n) is 4.34. The van der Waals surface area contributed by atoms with Crippen LogP contribution in [0.5, 0.6) is 5.75 Å². The number of carbonyl (C=O) groups excluding carboxylic acids is 2. The Kier molecular flexibility index (Phi) is 5.23. The van der Waals surface area contributed by atoms with Gasteiger partial charge in [-0.1, -0.05) is 18.2 Å². The van der Waals surface area contributed by atoms with Gasteiger partial charge in [-0.3, -0.25) is 9.59 Å². The summed E-state index contributed by atoms with van der Waals surface area (Å²) >= 11 is 0. The number of rotatable bonds is 6. The molecule has 7 heteroatoms. The second-order valence-corrected chi connectivity index (χ2v) is 5.99.